The monoisotopic (exact) mass is 357 g/mol. The molecule has 0 spiro atoms. The maximum absolute atomic E-state index is 13.0. The van der Waals surface area contributed by atoms with Crippen molar-refractivity contribution in [3.8, 4) is 11.5 Å². The van der Waals surface area contributed by atoms with Crippen molar-refractivity contribution in [2.75, 3.05) is 6.61 Å². The van der Waals surface area contributed by atoms with Crippen molar-refractivity contribution in [1.29, 1.82) is 0 Å². The molecule has 2 atom stereocenters. The van der Waals surface area contributed by atoms with E-state index in [4.69, 9.17) is 9.47 Å². The molecule has 7 heteroatoms. The van der Waals surface area contributed by atoms with Gasteiger partial charge in [0.1, 0.15) is 6.10 Å². The number of rotatable bonds is 5. The molecule has 1 aliphatic carbocycles. The molecule has 1 aromatic rings. The van der Waals surface area contributed by atoms with Gasteiger partial charge in [-0.2, -0.15) is 18.2 Å². The van der Waals surface area contributed by atoms with Crippen LogP contribution in [0.5, 0.6) is 11.5 Å². The topological polar surface area (TPSA) is 41.9 Å². The molecule has 4 rings (SSSR count). The van der Waals surface area contributed by atoms with Crippen LogP contribution in [0.1, 0.15) is 44.1 Å². The molecule has 2 unspecified atom stereocenters. The number of hydroxylamine groups is 2. The maximum atomic E-state index is 13.0. The molecule has 1 N–H and O–H groups in total. The maximum Gasteiger partial charge on any atom is 0.416 e. The summed E-state index contributed by atoms with van der Waals surface area (Å²) in [6.07, 6.45) is 0.823. The summed E-state index contributed by atoms with van der Waals surface area (Å²) in [7, 11) is 0. The van der Waals surface area contributed by atoms with Gasteiger partial charge < -0.3 is 14.7 Å². The van der Waals surface area contributed by atoms with E-state index in [1.165, 1.54) is 11.1 Å². The number of ether oxygens (including phenoxy) is 2. The third-order valence-electron chi connectivity index (χ3n) is 5.39. The molecule has 138 valence electrons. The number of halogens is 3. The van der Waals surface area contributed by atoms with Gasteiger partial charge in [0.2, 0.25) is 0 Å². The lowest BCUT2D eigenvalue weighted by Crippen LogP contribution is -2.44. The molecule has 3 fully saturated rings. The highest BCUT2D eigenvalue weighted by Gasteiger charge is 2.41. The highest BCUT2D eigenvalue weighted by atomic mass is 19.4. The minimum Gasteiger partial charge on any atom is -0.489 e. The van der Waals surface area contributed by atoms with E-state index in [2.05, 4.69) is 0 Å². The number of fused-ring (bicyclic) bond motifs is 2. The van der Waals surface area contributed by atoms with Gasteiger partial charge in [-0.1, -0.05) is 0 Å². The Morgan fingerprint density at radius 2 is 1.72 bits per heavy atom. The summed E-state index contributed by atoms with van der Waals surface area (Å²) in [4.78, 5) is 0. The average molecular weight is 357 g/mol. The van der Waals surface area contributed by atoms with Crippen molar-refractivity contribution in [3.63, 3.8) is 0 Å². The van der Waals surface area contributed by atoms with Gasteiger partial charge in [-0.25, -0.2) is 0 Å². The van der Waals surface area contributed by atoms with Crippen LogP contribution in [0.4, 0.5) is 13.2 Å². The van der Waals surface area contributed by atoms with Crippen LogP contribution in [0, 0.1) is 5.92 Å². The summed E-state index contributed by atoms with van der Waals surface area (Å²) < 4.78 is 50.6. The fourth-order valence-electron chi connectivity index (χ4n) is 3.76. The lowest BCUT2D eigenvalue weighted by Gasteiger charge is -2.34. The van der Waals surface area contributed by atoms with Gasteiger partial charge in [0.15, 0.2) is 11.5 Å². The van der Waals surface area contributed by atoms with Crippen LogP contribution in [-0.2, 0) is 6.18 Å². The summed E-state index contributed by atoms with van der Waals surface area (Å²) in [6, 6.07) is 3.59. The van der Waals surface area contributed by atoms with Crippen LogP contribution < -0.4 is 9.47 Å². The smallest absolute Gasteiger partial charge is 0.416 e. The van der Waals surface area contributed by atoms with E-state index in [1.54, 1.807) is 0 Å². The molecule has 0 amide bonds. The van der Waals surface area contributed by atoms with Gasteiger partial charge in [0.05, 0.1) is 12.2 Å². The second-order valence-electron chi connectivity index (χ2n) is 7.39. The molecule has 2 heterocycles. The number of alkyl halides is 3. The molecule has 1 saturated carbocycles. The first-order chi connectivity index (χ1) is 11.9. The second-order valence-corrected chi connectivity index (χ2v) is 7.39. The summed E-state index contributed by atoms with van der Waals surface area (Å²) in [5.41, 5.74) is -0.726. The molecule has 0 aromatic heterocycles. The fourth-order valence-corrected chi connectivity index (χ4v) is 3.76. The Kier molecular flexibility index (Phi) is 4.32. The zero-order valence-corrected chi connectivity index (χ0v) is 13.8. The highest BCUT2D eigenvalue weighted by molar-refractivity contribution is 5.44. The van der Waals surface area contributed by atoms with Crippen LogP contribution in [0.25, 0.3) is 0 Å². The minimum absolute atomic E-state index is 0.0778. The zero-order valence-electron chi connectivity index (χ0n) is 13.8. The van der Waals surface area contributed by atoms with Crippen LogP contribution in [-0.4, -0.2) is 35.1 Å². The number of hydrogen-bond donors (Lipinski definition) is 1. The predicted molar refractivity (Wildman–Crippen MR) is 83.7 cm³/mol. The number of benzene rings is 1. The van der Waals surface area contributed by atoms with E-state index < -0.39 is 11.7 Å². The van der Waals surface area contributed by atoms with E-state index in [9.17, 15) is 18.4 Å². The van der Waals surface area contributed by atoms with E-state index in [-0.39, 0.29) is 23.9 Å². The van der Waals surface area contributed by atoms with Gasteiger partial charge in [-0.05, 0) is 49.8 Å². The van der Waals surface area contributed by atoms with Gasteiger partial charge in [0.25, 0.3) is 0 Å². The third kappa shape index (κ3) is 3.72. The summed E-state index contributed by atoms with van der Waals surface area (Å²) >= 11 is 0. The van der Waals surface area contributed by atoms with Gasteiger partial charge >= 0.3 is 6.18 Å². The SMILES string of the molecule is ON1C2CCC1CC(Oc1ccc(C(F)(F)F)cc1OCC1CC1)C2. The molecule has 2 bridgehead atoms. The predicted octanol–water partition coefficient (Wildman–Crippen LogP) is 4.26. The molecule has 25 heavy (non-hydrogen) atoms. The lowest BCUT2D eigenvalue weighted by atomic mass is 10.0. The number of piperidine rings is 1. The molecular weight excluding hydrogens is 335 g/mol. The van der Waals surface area contributed by atoms with E-state index in [0.29, 0.717) is 31.1 Å². The second kappa shape index (κ2) is 6.36. The van der Waals surface area contributed by atoms with Gasteiger partial charge in [-0.3, -0.25) is 0 Å². The first kappa shape index (κ1) is 17.0. The quantitative estimate of drug-likeness (QED) is 0.855. The van der Waals surface area contributed by atoms with E-state index in [0.717, 1.165) is 37.8 Å². The van der Waals surface area contributed by atoms with Crippen molar-refractivity contribution >= 4 is 0 Å². The normalized spacial score (nSPS) is 29.7. The Morgan fingerprint density at radius 3 is 2.32 bits per heavy atom. The van der Waals surface area contributed by atoms with E-state index >= 15 is 0 Å². The van der Waals surface area contributed by atoms with Crippen LogP contribution in [0.2, 0.25) is 0 Å². The Bertz CT molecular complexity index is 618. The summed E-state index contributed by atoms with van der Waals surface area (Å²) in [6.45, 7) is 0.429. The fraction of sp³-hybridized carbons (Fsp3) is 0.667. The van der Waals surface area contributed by atoms with Gasteiger partial charge in [0, 0.05) is 24.9 Å². The molecule has 0 radical (unpaired) electrons. The number of hydrogen-bond acceptors (Lipinski definition) is 4. The van der Waals surface area contributed by atoms with E-state index in [1.807, 2.05) is 0 Å². The lowest BCUT2D eigenvalue weighted by molar-refractivity contribution is -0.164. The number of nitrogens with zero attached hydrogens (tertiary/aromatic N) is 1. The standard InChI is InChI=1S/C18H22F3NO3/c19-18(20,21)12-3-6-16(17(7-12)24-10-11-1-2-11)25-15-8-13-4-5-14(9-15)22(13)23/h3,6-7,11,13-15,23H,1-2,4-5,8-10H2. The molecule has 1 aromatic carbocycles. The summed E-state index contributed by atoms with van der Waals surface area (Å²) in [5.74, 6) is 0.973. The summed E-state index contributed by atoms with van der Waals surface area (Å²) in [5, 5.41) is 11.4. The zero-order chi connectivity index (χ0) is 17.6. The van der Waals surface area contributed by atoms with Crippen LogP contribution >= 0.6 is 0 Å². The van der Waals surface area contributed by atoms with Crippen molar-refractivity contribution in [2.45, 2.75) is 62.9 Å². The minimum atomic E-state index is -4.41. The van der Waals surface area contributed by atoms with Crippen molar-refractivity contribution in [2.24, 2.45) is 5.92 Å². The molecule has 2 saturated heterocycles. The van der Waals surface area contributed by atoms with Crippen molar-refractivity contribution < 1.29 is 27.9 Å². The first-order valence-corrected chi connectivity index (χ1v) is 8.88. The van der Waals surface area contributed by atoms with Crippen molar-refractivity contribution in [3.05, 3.63) is 23.8 Å². The first-order valence-electron chi connectivity index (χ1n) is 8.88. The van der Waals surface area contributed by atoms with Crippen molar-refractivity contribution in [1.82, 2.24) is 5.06 Å². The Labute approximate surface area is 144 Å². The third-order valence-corrected chi connectivity index (χ3v) is 5.39. The molecule has 4 nitrogen and oxygen atoms in total. The average Bonchev–Trinajstić information content (AvgIpc) is 3.35. The highest BCUT2D eigenvalue weighted by Crippen LogP contribution is 2.41. The Hall–Kier alpha value is -1.47. The molecular formula is C18H22F3NO3. The van der Waals surface area contributed by atoms with Crippen LogP contribution in [0.3, 0.4) is 0 Å². The van der Waals surface area contributed by atoms with Gasteiger partial charge in [-0.15, -0.1) is 0 Å². The largest absolute Gasteiger partial charge is 0.489 e. The molecule has 3 aliphatic rings. The molecule has 2 aliphatic heterocycles. The Balaban J connectivity index is 1.51. The Morgan fingerprint density at radius 1 is 1.04 bits per heavy atom. The van der Waals surface area contributed by atoms with Crippen LogP contribution in [0.15, 0.2) is 18.2 Å².